The Kier molecular flexibility index (Phi) is 3.15. The predicted molar refractivity (Wildman–Crippen MR) is 62.5 cm³/mol. The van der Waals surface area contributed by atoms with E-state index >= 15 is 0 Å². The standard InChI is InChI=1S/C10H7N2O6P/c13-9-7(8(10(14)15)11-12-9)5-1-3-6(4-2-5)19(16,17)18/h1-4H,(H,14,15)(H2,16,17,18). The van der Waals surface area contributed by atoms with Crippen LogP contribution in [0, 0.1) is 0 Å². The average Bonchev–Trinajstić information content (AvgIpc) is 2.70. The summed E-state index contributed by atoms with van der Waals surface area (Å²) >= 11 is 0. The number of carbonyl (C=O) groups is 2. The van der Waals surface area contributed by atoms with Gasteiger partial charge in [-0.15, -0.1) is 10.2 Å². The summed E-state index contributed by atoms with van der Waals surface area (Å²) in [5.74, 6) is -2.20. The maximum atomic E-state index is 11.4. The molecule has 0 fully saturated rings. The average molecular weight is 282 g/mol. The van der Waals surface area contributed by atoms with Crippen molar-refractivity contribution >= 4 is 30.3 Å². The second-order valence-electron chi connectivity index (χ2n) is 3.62. The summed E-state index contributed by atoms with van der Waals surface area (Å²) in [5, 5.41) is 15.0. The van der Waals surface area contributed by atoms with Crippen LogP contribution in [0.5, 0.6) is 0 Å². The highest BCUT2D eigenvalue weighted by atomic mass is 31.2. The fourth-order valence-electron chi connectivity index (χ4n) is 1.53. The highest BCUT2D eigenvalue weighted by Gasteiger charge is 2.28. The van der Waals surface area contributed by atoms with Crippen molar-refractivity contribution in [3.63, 3.8) is 0 Å². The highest BCUT2D eigenvalue weighted by molar-refractivity contribution is 7.60. The molecule has 0 spiro atoms. The summed E-state index contributed by atoms with van der Waals surface area (Å²) in [6.07, 6.45) is 0. The number of carbonyl (C=O) groups excluding carboxylic acids is 1. The Morgan fingerprint density at radius 2 is 1.68 bits per heavy atom. The first-order valence-electron chi connectivity index (χ1n) is 4.91. The highest BCUT2D eigenvalue weighted by Crippen LogP contribution is 2.34. The van der Waals surface area contributed by atoms with Gasteiger partial charge in [-0.2, -0.15) is 0 Å². The normalized spacial score (nSPS) is 15.2. The molecular formula is C10H7N2O6P. The van der Waals surface area contributed by atoms with E-state index in [1.165, 1.54) is 12.1 Å². The monoisotopic (exact) mass is 282 g/mol. The third kappa shape index (κ3) is 2.50. The quantitative estimate of drug-likeness (QED) is 0.681. The lowest BCUT2D eigenvalue weighted by Gasteiger charge is -2.05. The van der Waals surface area contributed by atoms with Crippen molar-refractivity contribution in [2.75, 3.05) is 0 Å². The van der Waals surface area contributed by atoms with Gasteiger partial charge in [0, 0.05) is 0 Å². The fourth-order valence-corrected chi connectivity index (χ4v) is 2.07. The number of benzene rings is 1. The fraction of sp³-hybridized carbons (Fsp3) is 0. The SMILES string of the molecule is O=C(O)C1=C(c2ccc(P(=O)(O)O)cc2)C(=O)N=N1. The van der Waals surface area contributed by atoms with Crippen molar-refractivity contribution in [3.8, 4) is 0 Å². The zero-order valence-corrected chi connectivity index (χ0v) is 10.1. The van der Waals surface area contributed by atoms with E-state index in [-0.39, 0.29) is 16.4 Å². The number of hydrogen-bond acceptors (Lipinski definition) is 4. The van der Waals surface area contributed by atoms with Crippen LogP contribution in [0.3, 0.4) is 0 Å². The van der Waals surface area contributed by atoms with Gasteiger partial charge >= 0.3 is 13.6 Å². The molecule has 0 bridgehead atoms. The summed E-state index contributed by atoms with van der Waals surface area (Å²) in [5.41, 5.74) is -0.511. The molecule has 0 aromatic heterocycles. The van der Waals surface area contributed by atoms with Crippen LogP contribution < -0.4 is 5.30 Å². The minimum Gasteiger partial charge on any atom is -0.476 e. The van der Waals surface area contributed by atoms with E-state index in [2.05, 4.69) is 10.2 Å². The second kappa shape index (κ2) is 4.51. The molecule has 3 N–H and O–H groups in total. The predicted octanol–water partition coefficient (Wildman–Crippen LogP) is 0.278. The Morgan fingerprint density at radius 1 is 1.11 bits per heavy atom. The van der Waals surface area contributed by atoms with Crippen LogP contribution in [0.4, 0.5) is 0 Å². The van der Waals surface area contributed by atoms with E-state index in [0.29, 0.717) is 0 Å². The van der Waals surface area contributed by atoms with Gasteiger partial charge in [0.05, 0.1) is 10.9 Å². The maximum Gasteiger partial charge on any atom is 0.357 e. The minimum atomic E-state index is -4.38. The van der Waals surface area contributed by atoms with Gasteiger partial charge in [-0.1, -0.05) is 12.1 Å². The molecule has 0 saturated carbocycles. The summed E-state index contributed by atoms with van der Waals surface area (Å²) in [6, 6.07) is 4.71. The van der Waals surface area contributed by atoms with Crippen LogP contribution >= 0.6 is 7.60 Å². The van der Waals surface area contributed by atoms with Crippen molar-refractivity contribution < 1.29 is 29.0 Å². The number of nitrogens with zero attached hydrogens (tertiary/aromatic N) is 2. The number of carboxylic acid groups (broad SMARTS) is 1. The van der Waals surface area contributed by atoms with Gasteiger partial charge in [-0.25, -0.2) is 4.79 Å². The molecular weight excluding hydrogens is 275 g/mol. The lowest BCUT2D eigenvalue weighted by Crippen LogP contribution is -2.06. The molecule has 9 heteroatoms. The Morgan fingerprint density at radius 3 is 2.16 bits per heavy atom. The van der Waals surface area contributed by atoms with Crippen LogP contribution in [-0.2, 0) is 14.2 Å². The molecule has 0 saturated heterocycles. The van der Waals surface area contributed by atoms with E-state index < -0.39 is 25.2 Å². The van der Waals surface area contributed by atoms with Crippen molar-refractivity contribution in [1.29, 1.82) is 0 Å². The number of azo groups is 1. The van der Waals surface area contributed by atoms with Crippen LogP contribution in [0.25, 0.3) is 5.57 Å². The molecule has 1 aliphatic heterocycles. The van der Waals surface area contributed by atoms with Crippen molar-refractivity contribution in [2.24, 2.45) is 10.2 Å². The largest absolute Gasteiger partial charge is 0.476 e. The molecule has 0 radical (unpaired) electrons. The van der Waals surface area contributed by atoms with Gasteiger partial charge in [0.15, 0.2) is 5.70 Å². The number of aliphatic carboxylic acids is 1. The van der Waals surface area contributed by atoms with Crippen molar-refractivity contribution in [2.45, 2.75) is 0 Å². The zero-order chi connectivity index (χ0) is 14.2. The second-order valence-corrected chi connectivity index (χ2v) is 5.23. The first-order valence-corrected chi connectivity index (χ1v) is 6.52. The Bertz CT molecular complexity index is 670. The number of amides is 1. The molecule has 2 rings (SSSR count). The summed E-state index contributed by atoms with van der Waals surface area (Å²) < 4.78 is 11.0. The van der Waals surface area contributed by atoms with Crippen molar-refractivity contribution in [3.05, 3.63) is 35.5 Å². The Balaban J connectivity index is 2.49. The van der Waals surface area contributed by atoms with Gasteiger partial charge < -0.3 is 14.9 Å². The Hall–Kier alpha value is -2.15. The molecule has 1 aromatic rings. The van der Waals surface area contributed by atoms with E-state index in [9.17, 15) is 14.2 Å². The lowest BCUT2D eigenvalue weighted by molar-refractivity contribution is -0.132. The van der Waals surface area contributed by atoms with Crippen LogP contribution in [0.1, 0.15) is 5.56 Å². The lowest BCUT2D eigenvalue weighted by atomic mass is 10.0. The van der Waals surface area contributed by atoms with Crippen LogP contribution in [-0.4, -0.2) is 26.8 Å². The number of rotatable bonds is 3. The van der Waals surface area contributed by atoms with E-state index in [0.717, 1.165) is 12.1 Å². The van der Waals surface area contributed by atoms with Crippen molar-refractivity contribution in [1.82, 2.24) is 0 Å². The van der Waals surface area contributed by atoms with E-state index in [4.69, 9.17) is 14.9 Å². The van der Waals surface area contributed by atoms with E-state index in [1.807, 2.05) is 0 Å². The maximum absolute atomic E-state index is 11.4. The molecule has 1 amide bonds. The molecule has 19 heavy (non-hydrogen) atoms. The van der Waals surface area contributed by atoms with Gasteiger partial charge in [0.1, 0.15) is 0 Å². The third-order valence-electron chi connectivity index (χ3n) is 2.39. The van der Waals surface area contributed by atoms with Crippen LogP contribution in [0.15, 0.2) is 40.2 Å². The molecule has 0 aliphatic carbocycles. The molecule has 98 valence electrons. The van der Waals surface area contributed by atoms with Gasteiger partial charge in [0.2, 0.25) is 0 Å². The topological polar surface area (TPSA) is 137 Å². The molecule has 1 heterocycles. The smallest absolute Gasteiger partial charge is 0.357 e. The molecule has 0 atom stereocenters. The zero-order valence-electron chi connectivity index (χ0n) is 9.22. The third-order valence-corrected chi connectivity index (χ3v) is 3.36. The molecule has 1 aliphatic rings. The number of hydrogen-bond donors (Lipinski definition) is 3. The summed E-state index contributed by atoms with van der Waals surface area (Å²) in [6.45, 7) is 0. The minimum absolute atomic E-state index is 0.185. The first kappa shape index (κ1) is 13.3. The van der Waals surface area contributed by atoms with Crippen LogP contribution in [0.2, 0.25) is 0 Å². The first-order chi connectivity index (χ1) is 8.80. The summed E-state index contributed by atoms with van der Waals surface area (Å²) in [4.78, 5) is 40.2. The number of carboxylic acids is 1. The molecule has 1 aromatic carbocycles. The molecule has 8 nitrogen and oxygen atoms in total. The van der Waals surface area contributed by atoms with Gasteiger partial charge in [-0.3, -0.25) is 9.36 Å². The Labute approximate surface area is 106 Å². The summed E-state index contributed by atoms with van der Waals surface area (Å²) in [7, 11) is -4.38. The van der Waals surface area contributed by atoms with Gasteiger partial charge in [0.25, 0.3) is 5.91 Å². The molecule has 0 unspecified atom stereocenters. The van der Waals surface area contributed by atoms with E-state index in [1.54, 1.807) is 0 Å². The van der Waals surface area contributed by atoms with Gasteiger partial charge in [-0.05, 0) is 17.7 Å².